The summed E-state index contributed by atoms with van der Waals surface area (Å²) in [7, 11) is 0. The smallest absolute Gasteiger partial charge is 0.145 e. The lowest BCUT2D eigenvalue weighted by Gasteiger charge is -2.19. The molecule has 0 spiro atoms. The maximum Gasteiger partial charge on any atom is 0.145 e. The van der Waals surface area contributed by atoms with Crippen LogP contribution in [0.3, 0.4) is 0 Å². The van der Waals surface area contributed by atoms with Crippen molar-refractivity contribution in [1.82, 2.24) is 20.1 Å². The number of benzene rings is 2. The Morgan fingerprint density at radius 2 is 1.89 bits per heavy atom. The average molecular weight is 401 g/mol. The van der Waals surface area contributed by atoms with Crippen molar-refractivity contribution in [3.05, 3.63) is 81.4 Å². The molecule has 3 aromatic rings. The molecule has 2 aromatic carbocycles. The third-order valence-electron chi connectivity index (χ3n) is 4.31. The van der Waals surface area contributed by atoms with Gasteiger partial charge in [0.05, 0.1) is 11.6 Å². The Morgan fingerprint density at radius 1 is 1.07 bits per heavy atom. The molecule has 1 N–H and O–H groups in total. The maximum absolute atomic E-state index is 6.17. The highest BCUT2D eigenvalue weighted by molar-refractivity contribution is 6.36. The van der Waals surface area contributed by atoms with E-state index >= 15 is 0 Å². The van der Waals surface area contributed by atoms with Crippen LogP contribution in [0.2, 0.25) is 10.0 Å². The first-order valence-corrected chi connectivity index (χ1v) is 9.35. The molecule has 0 aliphatic carbocycles. The molecule has 0 radical (unpaired) electrons. The summed E-state index contributed by atoms with van der Waals surface area (Å²) in [5.41, 5.74) is 4.50. The summed E-state index contributed by atoms with van der Waals surface area (Å²) in [5.74, 6) is 0.702. The number of hydrogen-bond donors (Lipinski definition) is 1. The quantitative estimate of drug-likeness (QED) is 0.673. The Kier molecular flexibility index (Phi) is 5.43. The van der Waals surface area contributed by atoms with Crippen molar-refractivity contribution < 1.29 is 4.74 Å². The normalized spacial score (nSPS) is 13.0. The van der Waals surface area contributed by atoms with E-state index in [0.29, 0.717) is 22.4 Å². The molecule has 0 saturated heterocycles. The van der Waals surface area contributed by atoms with E-state index in [1.165, 1.54) is 11.1 Å². The van der Waals surface area contributed by atoms with Crippen LogP contribution in [0.5, 0.6) is 5.75 Å². The van der Waals surface area contributed by atoms with E-state index in [0.717, 1.165) is 30.8 Å². The molecule has 27 heavy (non-hydrogen) atoms. The van der Waals surface area contributed by atoms with E-state index < -0.39 is 0 Å². The molecular formula is C20H18Cl2N4O. The Bertz CT molecular complexity index is 953. The fourth-order valence-electron chi connectivity index (χ4n) is 3.00. The lowest BCUT2D eigenvalue weighted by Crippen LogP contribution is -2.21. The first-order chi connectivity index (χ1) is 13.2. The largest absolute Gasteiger partial charge is 0.487 e. The minimum atomic E-state index is 0.526. The van der Waals surface area contributed by atoms with Gasteiger partial charge in [0.1, 0.15) is 25.0 Å². The minimum absolute atomic E-state index is 0.526. The highest BCUT2D eigenvalue weighted by Crippen LogP contribution is 2.36. The third-order valence-corrected chi connectivity index (χ3v) is 4.81. The van der Waals surface area contributed by atoms with Crippen LogP contribution in [-0.2, 0) is 13.1 Å². The van der Waals surface area contributed by atoms with Crippen LogP contribution >= 0.6 is 23.2 Å². The predicted octanol–water partition coefficient (Wildman–Crippen LogP) is 4.20. The predicted molar refractivity (Wildman–Crippen MR) is 107 cm³/mol. The van der Waals surface area contributed by atoms with Crippen molar-refractivity contribution in [2.24, 2.45) is 0 Å². The van der Waals surface area contributed by atoms with Gasteiger partial charge >= 0.3 is 0 Å². The molecule has 1 aromatic heterocycles. The Hall–Kier alpha value is -2.34. The van der Waals surface area contributed by atoms with Gasteiger partial charge in [0, 0.05) is 23.7 Å². The van der Waals surface area contributed by atoms with E-state index in [1.54, 1.807) is 23.4 Å². The van der Waals surface area contributed by atoms with Crippen molar-refractivity contribution >= 4 is 29.3 Å². The lowest BCUT2D eigenvalue weighted by molar-refractivity contribution is 0.343. The third kappa shape index (κ3) is 4.50. The fraction of sp³-hybridized carbons (Fsp3) is 0.200. The number of hydrogen-bond acceptors (Lipinski definition) is 4. The number of ether oxygens (including phenoxy) is 1. The molecule has 0 bridgehead atoms. The molecule has 0 amide bonds. The van der Waals surface area contributed by atoms with Crippen LogP contribution < -0.4 is 10.1 Å². The van der Waals surface area contributed by atoms with E-state index in [2.05, 4.69) is 45.7 Å². The summed E-state index contributed by atoms with van der Waals surface area (Å²) >= 11 is 12.3. The summed E-state index contributed by atoms with van der Waals surface area (Å²) in [6.07, 6.45) is 5.35. The van der Waals surface area contributed by atoms with E-state index in [-0.39, 0.29) is 0 Å². The van der Waals surface area contributed by atoms with Crippen molar-refractivity contribution in [3.63, 3.8) is 0 Å². The second kappa shape index (κ2) is 8.13. The summed E-state index contributed by atoms with van der Waals surface area (Å²) in [6, 6.07) is 12.0. The fourth-order valence-corrected chi connectivity index (χ4v) is 3.56. The van der Waals surface area contributed by atoms with Gasteiger partial charge in [-0.15, -0.1) is 0 Å². The first-order valence-electron chi connectivity index (χ1n) is 8.59. The van der Waals surface area contributed by atoms with Gasteiger partial charge in [-0.3, -0.25) is 0 Å². The molecule has 0 unspecified atom stereocenters. The first kappa shape index (κ1) is 18.0. The summed E-state index contributed by atoms with van der Waals surface area (Å²) in [5, 5.41) is 8.73. The minimum Gasteiger partial charge on any atom is -0.487 e. The zero-order valence-corrected chi connectivity index (χ0v) is 16.0. The summed E-state index contributed by atoms with van der Waals surface area (Å²) < 4.78 is 7.58. The van der Waals surface area contributed by atoms with Crippen molar-refractivity contribution in [3.8, 4) is 5.75 Å². The molecule has 2 heterocycles. The van der Waals surface area contributed by atoms with Crippen LogP contribution in [0, 0.1) is 0 Å². The van der Waals surface area contributed by atoms with Crippen LogP contribution in [0.4, 0.5) is 0 Å². The number of halogens is 2. The number of nitrogens with one attached hydrogen (secondary N) is 1. The van der Waals surface area contributed by atoms with Crippen molar-refractivity contribution in [1.29, 1.82) is 0 Å². The molecule has 0 atom stereocenters. The Balaban J connectivity index is 1.32. The number of fused-ring (bicyclic) bond motifs is 1. The molecule has 4 rings (SSSR count). The van der Waals surface area contributed by atoms with Crippen molar-refractivity contribution in [2.75, 3.05) is 13.2 Å². The molecule has 1 aliphatic heterocycles. The standard InChI is InChI=1S/C20H18Cl2N4O/c21-18-6-17-5-16(11-27-20(17)19(22)7-18)9-23-8-14-1-3-15(4-2-14)10-26-13-24-12-25-26/h1-7,12-13,23H,8-11H2. The maximum atomic E-state index is 6.17. The molecule has 138 valence electrons. The summed E-state index contributed by atoms with van der Waals surface area (Å²) in [4.78, 5) is 3.96. The number of rotatable bonds is 6. The second-order valence-electron chi connectivity index (χ2n) is 6.41. The second-order valence-corrected chi connectivity index (χ2v) is 7.25. The Labute approximate surface area is 167 Å². The number of nitrogens with zero attached hydrogens (tertiary/aromatic N) is 3. The molecule has 0 saturated carbocycles. The van der Waals surface area contributed by atoms with Gasteiger partial charge in [-0.1, -0.05) is 47.5 Å². The summed E-state index contributed by atoms with van der Waals surface area (Å²) in [6.45, 7) is 2.77. The SMILES string of the molecule is Clc1cc(Cl)c2c(c1)C=C(CNCc1ccc(Cn3cncn3)cc1)CO2. The lowest BCUT2D eigenvalue weighted by atomic mass is 10.1. The molecular weight excluding hydrogens is 383 g/mol. The van der Waals surface area contributed by atoms with Crippen LogP contribution in [0.15, 0.2) is 54.6 Å². The van der Waals surface area contributed by atoms with E-state index in [1.807, 2.05) is 6.07 Å². The molecule has 5 nitrogen and oxygen atoms in total. The molecule has 7 heteroatoms. The molecule has 1 aliphatic rings. The van der Waals surface area contributed by atoms with Gasteiger partial charge in [-0.05, 0) is 34.9 Å². The van der Waals surface area contributed by atoms with E-state index in [4.69, 9.17) is 27.9 Å². The zero-order chi connectivity index (χ0) is 18.6. The van der Waals surface area contributed by atoms with Gasteiger partial charge in [0.25, 0.3) is 0 Å². The highest BCUT2D eigenvalue weighted by atomic mass is 35.5. The van der Waals surface area contributed by atoms with Gasteiger partial charge in [-0.25, -0.2) is 9.67 Å². The van der Waals surface area contributed by atoms with Crippen LogP contribution in [0.25, 0.3) is 6.08 Å². The van der Waals surface area contributed by atoms with Crippen LogP contribution in [-0.4, -0.2) is 27.9 Å². The van der Waals surface area contributed by atoms with Crippen molar-refractivity contribution in [2.45, 2.75) is 13.1 Å². The van der Waals surface area contributed by atoms with E-state index in [9.17, 15) is 0 Å². The van der Waals surface area contributed by atoms with Gasteiger partial charge in [-0.2, -0.15) is 5.10 Å². The average Bonchev–Trinajstić information content (AvgIpc) is 3.16. The topological polar surface area (TPSA) is 52.0 Å². The van der Waals surface area contributed by atoms with Crippen LogP contribution in [0.1, 0.15) is 16.7 Å². The zero-order valence-electron chi connectivity index (χ0n) is 14.5. The van der Waals surface area contributed by atoms with Gasteiger partial charge in [0.15, 0.2) is 0 Å². The Morgan fingerprint density at radius 3 is 2.67 bits per heavy atom. The van der Waals surface area contributed by atoms with Gasteiger partial charge < -0.3 is 10.1 Å². The highest BCUT2D eigenvalue weighted by Gasteiger charge is 2.15. The monoisotopic (exact) mass is 400 g/mol. The molecule has 0 fully saturated rings. The number of aromatic nitrogens is 3. The van der Waals surface area contributed by atoms with Gasteiger partial charge in [0.2, 0.25) is 0 Å².